The van der Waals surface area contributed by atoms with Crippen LogP contribution in [0.15, 0.2) is 42.5 Å². The van der Waals surface area contributed by atoms with Gasteiger partial charge >= 0.3 is 6.18 Å². The fourth-order valence-electron chi connectivity index (χ4n) is 4.41. The monoisotopic (exact) mass is 468 g/mol. The zero-order chi connectivity index (χ0) is 24.3. The number of aryl methyl sites for hydroxylation is 1. The Bertz CT molecular complexity index is 1250. The number of aromatic nitrogens is 1. The summed E-state index contributed by atoms with van der Waals surface area (Å²) in [6.45, 7) is -0.00313. The minimum absolute atomic E-state index is 0.00313. The molecule has 1 aliphatic rings. The summed E-state index contributed by atoms with van der Waals surface area (Å²) < 4.78 is 50.3. The number of rotatable bonds is 5. The van der Waals surface area contributed by atoms with Gasteiger partial charge in [0.2, 0.25) is 0 Å². The van der Waals surface area contributed by atoms with E-state index in [4.69, 9.17) is 15.2 Å². The molecule has 34 heavy (non-hydrogen) atoms. The first-order valence-electron chi connectivity index (χ1n) is 11.1. The molecular weight excluding hydrogens is 443 g/mol. The van der Waals surface area contributed by atoms with E-state index in [1.165, 1.54) is 19.2 Å². The van der Waals surface area contributed by atoms with Crippen molar-refractivity contribution in [3.05, 3.63) is 70.4 Å². The maximum absolute atomic E-state index is 13.0. The maximum Gasteiger partial charge on any atom is 0.416 e. The number of halogens is 3. The third-order valence-electron chi connectivity index (χ3n) is 6.06. The molecule has 0 saturated heterocycles. The van der Waals surface area contributed by atoms with Gasteiger partial charge in [0.25, 0.3) is 5.82 Å². The highest BCUT2D eigenvalue weighted by molar-refractivity contribution is 5.78. The average Bonchev–Trinajstić information content (AvgIpc) is 3.06. The molecule has 0 amide bonds. The number of fused-ring (bicyclic) bond motifs is 1. The molecule has 0 spiro atoms. The summed E-state index contributed by atoms with van der Waals surface area (Å²) in [6.07, 6.45) is 0.407. The number of benzene rings is 2. The minimum atomic E-state index is -4.45. The number of aromatic amines is 1. The smallest absolute Gasteiger partial charge is 0.416 e. The van der Waals surface area contributed by atoms with Crippen LogP contribution in [0.5, 0.6) is 11.5 Å². The van der Waals surface area contributed by atoms with Crippen LogP contribution < -0.4 is 20.2 Å². The molecule has 2 aromatic carbocycles. The van der Waals surface area contributed by atoms with E-state index in [9.17, 15) is 18.4 Å². The van der Waals surface area contributed by atoms with Crippen molar-refractivity contribution >= 4 is 5.82 Å². The first kappa shape index (κ1) is 23.4. The summed E-state index contributed by atoms with van der Waals surface area (Å²) in [4.78, 5) is 3.21. The number of alkyl halides is 3. The van der Waals surface area contributed by atoms with Crippen molar-refractivity contribution in [2.24, 2.45) is 0 Å². The highest BCUT2D eigenvalue weighted by Gasteiger charge is 2.30. The van der Waals surface area contributed by atoms with Crippen LogP contribution in [0.4, 0.5) is 19.0 Å². The van der Waals surface area contributed by atoms with Gasteiger partial charge in [-0.15, -0.1) is 0 Å². The van der Waals surface area contributed by atoms with Crippen molar-refractivity contribution in [3.63, 3.8) is 0 Å². The highest BCUT2D eigenvalue weighted by Crippen LogP contribution is 2.36. The van der Waals surface area contributed by atoms with Gasteiger partial charge in [-0.05, 0) is 55.2 Å². The number of anilines is 1. The van der Waals surface area contributed by atoms with Gasteiger partial charge in [-0.25, -0.2) is 4.98 Å². The summed E-state index contributed by atoms with van der Waals surface area (Å²) in [5.41, 5.74) is 10.2. The summed E-state index contributed by atoms with van der Waals surface area (Å²) in [6, 6.07) is 12.5. The molecule has 3 aromatic rings. The lowest BCUT2D eigenvalue weighted by Crippen LogP contribution is -2.22. The number of ether oxygens (including phenoxy) is 2. The highest BCUT2D eigenvalue weighted by atomic mass is 19.4. The van der Waals surface area contributed by atoms with Gasteiger partial charge in [0.1, 0.15) is 35.4 Å². The van der Waals surface area contributed by atoms with E-state index < -0.39 is 11.7 Å². The quantitative estimate of drug-likeness (QED) is 0.502. The SMILES string of the molecule is COc1ccc(-c2c(C#N)c(N)[nH+]c3c2CCCCC3)cc1COc1cccc(C(F)(F)F)c1. The molecule has 5 nitrogen and oxygen atoms in total. The number of nitriles is 1. The van der Waals surface area contributed by atoms with Gasteiger partial charge in [-0.3, -0.25) is 5.73 Å². The Morgan fingerprint density at radius 1 is 1.09 bits per heavy atom. The molecule has 0 fully saturated rings. The van der Waals surface area contributed by atoms with Gasteiger partial charge in [-0.1, -0.05) is 18.6 Å². The third kappa shape index (κ3) is 4.79. The Kier molecular flexibility index (Phi) is 6.64. The van der Waals surface area contributed by atoms with E-state index in [2.05, 4.69) is 11.1 Å². The number of hydrogen-bond donors (Lipinski definition) is 1. The van der Waals surface area contributed by atoms with Crippen molar-refractivity contribution in [2.45, 2.75) is 44.9 Å². The molecular formula is C26H25F3N3O2+. The van der Waals surface area contributed by atoms with Crippen LogP contribution >= 0.6 is 0 Å². The number of nitrogens with two attached hydrogens (primary N) is 1. The second-order valence-corrected chi connectivity index (χ2v) is 8.26. The molecule has 176 valence electrons. The van der Waals surface area contributed by atoms with E-state index in [1.54, 1.807) is 6.07 Å². The average molecular weight is 468 g/mol. The second kappa shape index (κ2) is 9.64. The zero-order valence-corrected chi connectivity index (χ0v) is 18.8. The summed E-state index contributed by atoms with van der Waals surface area (Å²) in [5, 5.41) is 9.86. The molecule has 1 aliphatic carbocycles. The van der Waals surface area contributed by atoms with Crippen molar-refractivity contribution in [1.82, 2.24) is 0 Å². The lowest BCUT2D eigenvalue weighted by Gasteiger charge is -2.16. The van der Waals surface area contributed by atoms with Crippen LogP contribution in [0.2, 0.25) is 0 Å². The lowest BCUT2D eigenvalue weighted by molar-refractivity contribution is -0.373. The van der Waals surface area contributed by atoms with Gasteiger partial charge in [0.15, 0.2) is 0 Å². The number of pyridine rings is 1. The van der Waals surface area contributed by atoms with Crippen LogP contribution in [-0.2, 0) is 25.6 Å². The number of H-pyrrole nitrogens is 1. The van der Waals surface area contributed by atoms with Crippen molar-refractivity contribution in [3.8, 4) is 28.7 Å². The Balaban J connectivity index is 1.73. The molecule has 0 bridgehead atoms. The summed E-state index contributed by atoms with van der Waals surface area (Å²) in [5.74, 6) is 0.971. The van der Waals surface area contributed by atoms with Crippen molar-refractivity contribution in [1.29, 1.82) is 5.26 Å². The topological polar surface area (TPSA) is 82.4 Å². The normalized spacial score (nSPS) is 13.5. The van der Waals surface area contributed by atoms with Gasteiger partial charge in [-0.2, -0.15) is 18.4 Å². The van der Waals surface area contributed by atoms with E-state index in [0.29, 0.717) is 22.7 Å². The van der Waals surface area contributed by atoms with E-state index in [0.717, 1.165) is 66.6 Å². The van der Waals surface area contributed by atoms with Gasteiger partial charge in [0, 0.05) is 23.1 Å². The number of nitrogens with one attached hydrogen (secondary N) is 1. The number of nitrogens with zero attached hydrogens (tertiary/aromatic N) is 1. The van der Waals surface area contributed by atoms with E-state index in [-0.39, 0.29) is 12.4 Å². The summed E-state index contributed by atoms with van der Waals surface area (Å²) >= 11 is 0. The molecule has 0 aliphatic heterocycles. The van der Waals surface area contributed by atoms with Gasteiger partial charge < -0.3 is 9.47 Å². The molecule has 0 saturated carbocycles. The molecule has 3 N–H and O–H groups in total. The number of nitrogen functional groups attached to an aromatic ring is 1. The van der Waals surface area contributed by atoms with Crippen molar-refractivity contribution < 1.29 is 27.6 Å². The maximum atomic E-state index is 13.0. The Labute approximate surface area is 196 Å². The number of hydrogen-bond acceptors (Lipinski definition) is 4. The van der Waals surface area contributed by atoms with Crippen LogP contribution in [0, 0.1) is 11.3 Å². The zero-order valence-electron chi connectivity index (χ0n) is 18.8. The molecule has 0 atom stereocenters. The Morgan fingerprint density at radius 3 is 2.62 bits per heavy atom. The second-order valence-electron chi connectivity index (χ2n) is 8.26. The first-order valence-corrected chi connectivity index (χ1v) is 11.1. The van der Waals surface area contributed by atoms with Crippen LogP contribution in [0.3, 0.4) is 0 Å². The fourth-order valence-corrected chi connectivity index (χ4v) is 4.41. The Hall–Kier alpha value is -3.73. The Morgan fingerprint density at radius 2 is 1.88 bits per heavy atom. The van der Waals surface area contributed by atoms with Crippen molar-refractivity contribution in [2.75, 3.05) is 12.8 Å². The van der Waals surface area contributed by atoms with Gasteiger partial charge in [0.05, 0.1) is 12.7 Å². The number of methoxy groups -OCH3 is 1. The predicted molar refractivity (Wildman–Crippen MR) is 121 cm³/mol. The van der Waals surface area contributed by atoms with Crippen LogP contribution in [-0.4, -0.2) is 7.11 Å². The molecule has 0 radical (unpaired) electrons. The fraction of sp³-hybridized carbons (Fsp3) is 0.308. The lowest BCUT2D eigenvalue weighted by atomic mass is 9.91. The molecule has 0 unspecified atom stereocenters. The minimum Gasteiger partial charge on any atom is -0.496 e. The summed E-state index contributed by atoms with van der Waals surface area (Å²) in [7, 11) is 1.52. The molecule has 1 aromatic heterocycles. The standard InChI is InChI=1S/C26H24F3N3O2/c1-33-23-11-10-16(12-17(23)15-34-19-7-5-6-18(13-19)26(27,28)29)24-20-8-3-2-4-9-22(20)32-25(31)21(24)14-30/h5-7,10-13H,2-4,8-9,15H2,1H3,(H2,31,32)/p+1. The largest absolute Gasteiger partial charge is 0.496 e. The first-order chi connectivity index (χ1) is 16.3. The molecule has 8 heteroatoms. The van der Waals surface area contributed by atoms with E-state index >= 15 is 0 Å². The van der Waals surface area contributed by atoms with Crippen LogP contribution in [0.25, 0.3) is 11.1 Å². The van der Waals surface area contributed by atoms with E-state index in [1.807, 2.05) is 12.1 Å². The molecule has 1 heterocycles. The predicted octanol–water partition coefficient (Wildman–Crippen LogP) is 5.50. The third-order valence-corrected chi connectivity index (χ3v) is 6.06. The van der Waals surface area contributed by atoms with Crippen LogP contribution in [0.1, 0.15) is 47.2 Å². The molecule has 4 rings (SSSR count).